The topological polar surface area (TPSA) is 41.1 Å². The van der Waals surface area contributed by atoms with Gasteiger partial charge in [0.2, 0.25) is 0 Å². The third-order valence-electron chi connectivity index (χ3n) is 3.43. The third kappa shape index (κ3) is 3.76. The molecule has 0 saturated heterocycles. The Morgan fingerprint density at radius 2 is 1.42 bits per heavy atom. The second-order valence-corrected chi connectivity index (χ2v) is 5.15. The summed E-state index contributed by atoms with van der Waals surface area (Å²) in [5.41, 5.74) is 2.41. The summed E-state index contributed by atoms with van der Waals surface area (Å²) in [6.45, 7) is 0. The van der Waals surface area contributed by atoms with E-state index in [9.17, 15) is 13.6 Å². The van der Waals surface area contributed by atoms with E-state index in [1.54, 1.807) is 12.1 Å². The van der Waals surface area contributed by atoms with E-state index in [-0.39, 0.29) is 5.69 Å². The fraction of sp³-hybridized carbons (Fsp3) is 0. The molecule has 2 amide bonds. The molecule has 0 atom stereocenters. The minimum absolute atomic E-state index is 0.214. The first-order valence-corrected chi connectivity index (χ1v) is 7.30. The van der Waals surface area contributed by atoms with Gasteiger partial charge in [0.25, 0.3) is 0 Å². The number of rotatable bonds is 3. The van der Waals surface area contributed by atoms with Gasteiger partial charge < -0.3 is 10.6 Å². The number of nitrogens with one attached hydrogen (secondary N) is 2. The number of urea groups is 1. The van der Waals surface area contributed by atoms with Crippen LogP contribution in [0.15, 0.2) is 72.8 Å². The van der Waals surface area contributed by atoms with Crippen LogP contribution >= 0.6 is 0 Å². The molecule has 0 spiro atoms. The Bertz CT molecular complexity index is 849. The molecule has 0 aliphatic rings. The summed E-state index contributed by atoms with van der Waals surface area (Å²) in [5.74, 6) is -1.33. The monoisotopic (exact) mass is 324 g/mol. The fourth-order valence-electron chi connectivity index (χ4n) is 2.25. The average molecular weight is 324 g/mol. The van der Waals surface area contributed by atoms with Gasteiger partial charge in [-0.25, -0.2) is 13.6 Å². The Kier molecular flexibility index (Phi) is 4.52. The summed E-state index contributed by atoms with van der Waals surface area (Å²) in [7, 11) is 0. The van der Waals surface area contributed by atoms with Crippen molar-refractivity contribution in [2.45, 2.75) is 0 Å². The Morgan fingerprint density at radius 3 is 2.12 bits per heavy atom. The predicted molar refractivity (Wildman–Crippen MR) is 90.9 cm³/mol. The summed E-state index contributed by atoms with van der Waals surface area (Å²) in [6, 6.07) is 19.2. The largest absolute Gasteiger partial charge is 0.323 e. The zero-order valence-electron chi connectivity index (χ0n) is 12.6. The van der Waals surface area contributed by atoms with Crippen molar-refractivity contribution in [3.8, 4) is 11.1 Å². The van der Waals surface area contributed by atoms with E-state index in [1.165, 1.54) is 0 Å². The zero-order valence-corrected chi connectivity index (χ0v) is 12.6. The van der Waals surface area contributed by atoms with Crippen molar-refractivity contribution in [3.05, 3.63) is 84.4 Å². The maximum absolute atomic E-state index is 13.5. The number of hydrogen-bond acceptors (Lipinski definition) is 1. The average Bonchev–Trinajstić information content (AvgIpc) is 2.59. The Hall–Kier alpha value is -3.21. The van der Waals surface area contributed by atoms with E-state index in [4.69, 9.17) is 0 Å². The van der Waals surface area contributed by atoms with Crippen LogP contribution in [0, 0.1) is 11.6 Å². The van der Waals surface area contributed by atoms with Gasteiger partial charge in [-0.05, 0) is 35.4 Å². The van der Waals surface area contributed by atoms with Gasteiger partial charge in [0.1, 0.15) is 11.6 Å². The lowest BCUT2D eigenvalue weighted by molar-refractivity contribution is 0.262. The molecule has 0 fully saturated rings. The first kappa shape index (κ1) is 15.7. The second kappa shape index (κ2) is 6.91. The molecule has 3 nitrogen and oxygen atoms in total. The van der Waals surface area contributed by atoms with Crippen LogP contribution in [0.2, 0.25) is 0 Å². The summed E-state index contributed by atoms with van der Waals surface area (Å²) >= 11 is 0. The lowest BCUT2D eigenvalue weighted by Crippen LogP contribution is -2.20. The molecule has 0 aliphatic heterocycles. The molecule has 5 heteroatoms. The lowest BCUT2D eigenvalue weighted by Gasteiger charge is -2.09. The van der Waals surface area contributed by atoms with Crippen LogP contribution < -0.4 is 10.6 Å². The molecule has 0 aliphatic carbocycles. The first-order valence-electron chi connectivity index (χ1n) is 7.30. The molecule has 120 valence electrons. The number of benzene rings is 3. The SMILES string of the molecule is O=C(Nc1ccc(-c2ccccc2)cc1)Nc1cc(F)ccc1F. The van der Waals surface area contributed by atoms with Gasteiger partial charge in [-0.15, -0.1) is 0 Å². The maximum atomic E-state index is 13.5. The van der Waals surface area contributed by atoms with E-state index in [0.717, 1.165) is 29.3 Å². The molecule has 3 rings (SSSR count). The summed E-state index contributed by atoms with van der Waals surface area (Å²) in [4.78, 5) is 11.9. The van der Waals surface area contributed by atoms with Crippen LogP contribution in [0.1, 0.15) is 0 Å². The maximum Gasteiger partial charge on any atom is 0.323 e. The van der Waals surface area contributed by atoms with Crippen molar-refractivity contribution in [3.63, 3.8) is 0 Å². The molecule has 0 radical (unpaired) electrons. The summed E-state index contributed by atoms with van der Waals surface area (Å²) < 4.78 is 26.6. The molecule has 3 aromatic carbocycles. The Morgan fingerprint density at radius 1 is 0.750 bits per heavy atom. The highest BCUT2D eigenvalue weighted by Crippen LogP contribution is 2.21. The van der Waals surface area contributed by atoms with Crippen molar-refractivity contribution >= 4 is 17.4 Å². The highest BCUT2D eigenvalue weighted by atomic mass is 19.1. The minimum Gasteiger partial charge on any atom is -0.308 e. The van der Waals surface area contributed by atoms with Gasteiger partial charge >= 0.3 is 6.03 Å². The van der Waals surface area contributed by atoms with Crippen LogP contribution in [0.3, 0.4) is 0 Å². The molecular formula is C19H14F2N2O. The van der Waals surface area contributed by atoms with E-state index >= 15 is 0 Å². The molecule has 3 aromatic rings. The standard InChI is InChI=1S/C19H14F2N2O/c20-15-8-11-17(21)18(12-15)23-19(24)22-16-9-6-14(7-10-16)13-4-2-1-3-5-13/h1-12H,(H2,22,23,24). The van der Waals surface area contributed by atoms with E-state index in [0.29, 0.717) is 5.69 Å². The molecule has 0 aromatic heterocycles. The fourth-order valence-corrected chi connectivity index (χ4v) is 2.25. The smallest absolute Gasteiger partial charge is 0.308 e. The van der Waals surface area contributed by atoms with Crippen molar-refractivity contribution in [2.24, 2.45) is 0 Å². The Balaban J connectivity index is 1.67. The highest BCUT2D eigenvalue weighted by Gasteiger charge is 2.08. The number of halogens is 2. The van der Waals surface area contributed by atoms with Crippen LogP contribution in [-0.2, 0) is 0 Å². The van der Waals surface area contributed by atoms with Gasteiger partial charge in [-0.1, -0.05) is 42.5 Å². The quantitative estimate of drug-likeness (QED) is 0.676. The van der Waals surface area contributed by atoms with Gasteiger partial charge in [0.05, 0.1) is 5.69 Å². The van der Waals surface area contributed by atoms with Gasteiger partial charge in [0, 0.05) is 11.8 Å². The van der Waals surface area contributed by atoms with Crippen molar-refractivity contribution < 1.29 is 13.6 Å². The first-order chi connectivity index (χ1) is 11.6. The number of amides is 2. The number of anilines is 2. The molecule has 0 saturated carbocycles. The minimum atomic E-state index is -0.703. The molecular weight excluding hydrogens is 310 g/mol. The van der Waals surface area contributed by atoms with Crippen LogP contribution in [0.4, 0.5) is 25.0 Å². The summed E-state index contributed by atoms with van der Waals surface area (Å²) in [5, 5.41) is 4.86. The van der Waals surface area contributed by atoms with Gasteiger partial charge in [-0.3, -0.25) is 0 Å². The molecule has 24 heavy (non-hydrogen) atoms. The highest BCUT2D eigenvalue weighted by molar-refractivity contribution is 5.99. The zero-order chi connectivity index (χ0) is 16.9. The predicted octanol–water partition coefficient (Wildman–Crippen LogP) is 5.28. The van der Waals surface area contributed by atoms with Crippen LogP contribution in [0.5, 0.6) is 0 Å². The van der Waals surface area contributed by atoms with Crippen molar-refractivity contribution in [2.75, 3.05) is 10.6 Å². The molecule has 0 bridgehead atoms. The van der Waals surface area contributed by atoms with Gasteiger partial charge in [-0.2, -0.15) is 0 Å². The van der Waals surface area contributed by atoms with E-state index < -0.39 is 17.7 Å². The molecule has 0 unspecified atom stereocenters. The molecule has 2 N–H and O–H groups in total. The van der Waals surface area contributed by atoms with Crippen LogP contribution in [0.25, 0.3) is 11.1 Å². The summed E-state index contributed by atoms with van der Waals surface area (Å²) in [6.07, 6.45) is 0. The van der Waals surface area contributed by atoms with Crippen molar-refractivity contribution in [1.82, 2.24) is 0 Å². The number of hydrogen-bond donors (Lipinski definition) is 2. The second-order valence-electron chi connectivity index (χ2n) is 5.15. The number of carbonyl (C=O) groups excluding carboxylic acids is 1. The third-order valence-corrected chi connectivity index (χ3v) is 3.43. The van der Waals surface area contributed by atoms with Crippen LogP contribution in [-0.4, -0.2) is 6.03 Å². The lowest BCUT2D eigenvalue weighted by atomic mass is 10.1. The molecule has 0 heterocycles. The Labute approximate surface area is 138 Å². The number of carbonyl (C=O) groups is 1. The normalized spacial score (nSPS) is 10.2. The van der Waals surface area contributed by atoms with Crippen molar-refractivity contribution in [1.29, 1.82) is 0 Å². The van der Waals surface area contributed by atoms with Gasteiger partial charge in [0.15, 0.2) is 0 Å². The van der Waals surface area contributed by atoms with E-state index in [2.05, 4.69) is 10.6 Å². The van der Waals surface area contributed by atoms with E-state index in [1.807, 2.05) is 42.5 Å².